The number of rotatable bonds is 5. The number of allylic oxidation sites excluding steroid dienone is 3. The maximum Gasteiger partial charge on any atom is 0.513 e. The van der Waals surface area contributed by atoms with Crippen LogP contribution in [-0.2, 0) is 17.6 Å². The summed E-state index contributed by atoms with van der Waals surface area (Å²) >= 11 is 0. The Labute approximate surface area is 138 Å². The number of carbonyl (C=O) groups is 1. The van der Waals surface area contributed by atoms with Crippen LogP contribution in [-0.4, -0.2) is 23.3 Å². The van der Waals surface area contributed by atoms with Crippen molar-refractivity contribution in [3.63, 3.8) is 0 Å². The lowest BCUT2D eigenvalue weighted by Crippen LogP contribution is -2.08. The van der Waals surface area contributed by atoms with Crippen LogP contribution >= 0.6 is 0 Å². The number of hydrogen-bond donors (Lipinski definition) is 1. The van der Waals surface area contributed by atoms with Gasteiger partial charge in [0.1, 0.15) is 11.5 Å². The van der Waals surface area contributed by atoms with Crippen LogP contribution in [0, 0.1) is 10.1 Å². The first-order valence-corrected chi connectivity index (χ1v) is 7.12. The topological polar surface area (TPSA) is 98.9 Å². The molecule has 0 amide bonds. The summed E-state index contributed by atoms with van der Waals surface area (Å²) in [5, 5.41) is 20.9. The average molecular weight is 329 g/mol. The van der Waals surface area contributed by atoms with E-state index in [1.807, 2.05) is 6.92 Å². The number of nitro groups is 1. The predicted octanol–water partition coefficient (Wildman–Crippen LogP) is 3.05. The Morgan fingerprint density at radius 2 is 2.08 bits per heavy atom. The molecule has 2 rings (SSSR count). The highest BCUT2D eigenvalue weighted by atomic mass is 16.7. The van der Waals surface area contributed by atoms with Gasteiger partial charge < -0.3 is 14.6 Å². The van der Waals surface area contributed by atoms with E-state index < -0.39 is 11.1 Å². The number of methoxy groups -OCH3 is 1. The summed E-state index contributed by atoms with van der Waals surface area (Å²) in [5.41, 5.74) is 7.08. The van der Waals surface area contributed by atoms with Crippen molar-refractivity contribution in [1.29, 1.82) is 0 Å². The van der Waals surface area contributed by atoms with Gasteiger partial charge >= 0.3 is 11.9 Å². The number of carbonyl (C=O) groups excluding carboxylic acids is 1. The van der Waals surface area contributed by atoms with Gasteiger partial charge in [-0.2, -0.15) is 0 Å². The third kappa shape index (κ3) is 3.93. The molecule has 1 N–H and O–H groups in total. The number of hydrogen-bond acceptors (Lipinski definition) is 6. The van der Waals surface area contributed by atoms with E-state index in [0.29, 0.717) is 24.0 Å². The van der Waals surface area contributed by atoms with Crippen LogP contribution in [0.1, 0.15) is 18.1 Å². The van der Waals surface area contributed by atoms with E-state index in [1.165, 1.54) is 19.3 Å². The van der Waals surface area contributed by atoms with Gasteiger partial charge in [-0.3, -0.25) is 10.1 Å². The number of phenols is 1. The maximum atomic E-state index is 11.2. The van der Waals surface area contributed by atoms with Crippen molar-refractivity contribution >= 4 is 6.16 Å². The third-order valence-electron chi connectivity index (χ3n) is 3.40. The van der Waals surface area contributed by atoms with Gasteiger partial charge in [-0.05, 0) is 24.1 Å². The zero-order valence-corrected chi connectivity index (χ0v) is 13.2. The summed E-state index contributed by atoms with van der Waals surface area (Å²) in [4.78, 5) is 21.3. The van der Waals surface area contributed by atoms with Gasteiger partial charge in [0.15, 0.2) is 0 Å². The molecule has 0 saturated carbocycles. The predicted molar refractivity (Wildman–Crippen MR) is 84.4 cm³/mol. The molecule has 0 aliphatic heterocycles. The molecule has 0 atom stereocenters. The van der Waals surface area contributed by atoms with Gasteiger partial charge in [0.05, 0.1) is 12.0 Å². The quantitative estimate of drug-likeness (QED) is 0.293. The SMILES string of the molecule is CCc1cc(OC(=O)OC)cc(O)c1CC1=C=C=C([N+](=O)[O-])C=C1. The Balaban J connectivity index is 2.35. The van der Waals surface area contributed by atoms with Crippen LogP contribution in [0.25, 0.3) is 0 Å². The van der Waals surface area contributed by atoms with Crippen LogP contribution in [0.5, 0.6) is 11.5 Å². The lowest BCUT2D eigenvalue weighted by Gasteiger charge is -2.13. The molecule has 0 fully saturated rings. The van der Waals surface area contributed by atoms with Crippen molar-refractivity contribution in [1.82, 2.24) is 0 Å². The molecule has 0 unspecified atom stereocenters. The average Bonchev–Trinajstić information content (AvgIpc) is 2.57. The molecular formula is C17H15NO6. The fourth-order valence-corrected chi connectivity index (χ4v) is 2.21. The minimum absolute atomic E-state index is 0.0417. The van der Waals surface area contributed by atoms with Crippen molar-refractivity contribution < 1.29 is 24.3 Å². The Hall–Kier alpha value is -3.27. The van der Waals surface area contributed by atoms with Gasteiger partial charge in [-0.25, -0.2) is 4.79 Å². The summed E-state index contributed by atoms with van der Waals surface area (Å²) in [6.07, 6.45) is 2.94. The minimum Gasteiger partial charge on any atom is -0.508 e. The fraction of sp³-hybridized carbons (Fsp3) is 0.235. The third-order valence-corrected chi connectivity index (χ3v) is 3.40. The van der Waals surface area contributed by atoms with Crippen molar-refractivity contribution in [2.24, 2.45) is 0 Å². The van der Waals surface area contributed by atoms with E-state index in [0.717, 1.165) is 5.56 Å². The van der Waals surface area contributed by atoms with Gasteiger partial charge in [0.2, 0.25) is 0 Å². The molecule has 0 heterocycles. The van der Waals surface area contributed by atoms with Crippen LogP contribution in [0.3, 0.4) is 0 Å². The molecule has 0 spiro atoms. The van der Waals surface area contributed by atoms with Crippen molar-refractivity contribution in [3.05, 3.63) is 68.3 Å². The largest absolute Gasteiger partial charge is 0.513 e. The molecule has 0 saturated heterocycles. The van der Waals surface area contributed by atoms with Gasteiger partial charge in [0.25, 0.3) is 0 Å². The van der Waals surface area contributed by atoms with E-state index >= 15 is 0 Å². The monoisotopic (exact) mass is 329 g/mol. The number of ether oxygens (including phenoxy) is 2. The molecule has 1 aromatic carbocycles. The fourth-order valence-electron chi connectivity index (χ4n) is 2.21. The first-order valence-electron chi connectivity index (χ1n) is 7.12. The molecule has 0 radical (unpaired) electrons. The Bertz CT molecular complexity index is 824. The molecule has 7 heteroatoms. The first-order chi connectivity index (χ1) is 11.4. The smallest absolute Gasteiger partial charge is 0.508 e. The molecule has 24 heavy (non-hydrogen) atoms. The standard InChI is InChI=1S/C17H15NO6/c1-3-12-9-14(24-17(20)23-2)10-16(19)15(12)8-11-4-6-13(7-5-11)18(21)22/h4,6,9-10,19H,3,8H2,1-2H3. The molecule has 124 valence electrons. The van der Waals surface area contributed by atoms with E-state index in [-0.39, 0.29) is 17.2 Å². The highest BCUT2D eigenvalue weighted by Gasteiger charge is 2.15. The summed E-state index contributed by atoms with van der Waals surface area (Å²) < 4.78 is 9.34. The second-order valence-corrected chi connectivity index (χ2v) is 4.92. The molecule has 1 aliphatic carbocycles. The summed E-state index contributed by atoms with van der Waals surface area (Å²) in [6, 6.07) is 2.96. The zero-order chi connectivity index (χ0) is 17.7. The summed E-state index contributed by atoms with van der Waals surface area (Å²) in [7, 11) is 1.19. The van der Waals surface area contributed by atoms with Crippen LogP contribution in [0.2, 0.25) is 0 Å². The highest BCUT2D eigenvalue weighted by molar-refractivity contribution is 5.64. The second-order valence-electron chi connectivity index (χ2n) is 4.92. The molecule has 1 aliphatic rings. The number of phenolic OH excluding ortho intramolecular Hbond substituents is 1. The second kappa shape index (κ2) is 7.33. The van der Waals surface area contributed by atoms with E-state index in [9.17, 15) is 20.0 Å². The van der Waals surface area contributed by atoms with Gasteiger partial charge in [-0.1, -0.05) is 12.7 Å². The van der Waals surface area contributed by atoms with Crippen LogP contribution in [0.4, 0.5) is 4.79 Å². The number of aryl methyl sites for hydroxylation is 1. The molecule has 7 nitrogen and oxygen atoms in total. The van der Waals surface area contributed by atoms with E-state index in [2.05, 4.69) is 16.2 Å². The van der Waals surface area contributed by atoms with Gasteiger partial charge in [-0.15, -0.1) is 0 Å². The zero-order valence-electron chi connectivity index (χ0n) is 13.2. The van der Waals surface area contributed by atoms with Crippen molar-refractivity contribution in [2.75, 3.05) is 7.11 Å². The lowest BCUT2D eigenvalue weighted by molar-refractivity contribution is -0.418. The molecule has 0 bridgehead atoms. The number of benzene rings is 1. The maximum absolute atomic E-state index is 11.2. The van der Waals surface area contributed by atoms with E-state index in [4.69, 9.17) is 4.74 Å². The molecule has 0 aromatic heterocycles. The Morgan fingerprint density at radius 1 is 1.33 bits per heavy atom. The Kier molecular flexibility index (Phi) is 5.22. The van der Waals surface area contributed by atoms with Crippen molar-refractivity contribution in [3.8, 4) is 11.5 Å². The molecule has 1 aromatic rings. The van der Waals surface area contributed by atoms with Crippen LogP contribution in [0.15, 0.2) is 47.0 Å². The normalized spacial score (nSPS) is 12.4. The Morgan fingerprint density at radius 3 is 2.62 bits per heavy atom. The lowest BCUT2D eigenvalue weighted by atomic mass is 9.96. The highest BCUT2D eigenvalue weighted by Crippen LogP contribution is 2.31. The van der Waals surface area contributed by atoms with Crippen LogP contribution < -0.4 is 4.74 Å². The summed E-state index contributed by atoms with van der Waals surface area (Å²) in [5.74, 6) is 0.138. The minimum atomic E-state index is -0.873. The summed E-state index contributed by atoms with van der Waals surface area (Å²) in [6.45, 7) is 1.89. The molecular weight excluding hydrogens is 314 g/mol. The van der Waals surface area contributed by atoms with Crippen molar-refractivity contribution in [2.45, 2.75) is 19.8 Å². The number of aromatic hydroxyl groups is 1. The first kappa shape index (κ1) is 17.1. The number of nitrogens with zero attached hydrogens (tertiary/aromatic N) is 1. The van der Waals surface area contributed by atoms with Gasteiger partial charge in [0, 0.05) is 35.4 Å². The van der Waals surface area contributed by atoms with E-state index in [1.54, 1.807) is 12.1 Å².